The molecule has 0 bridgehead atoms. The number of rotatable bonds is 4. The number of alkyl carbamates (subject to hydrolysis) is 1. The number of benzene rings is 1. The summed E-state index contributed by atoms with van der Waals surface area (Å²) in [4.78, 5) is 24.7. The van der Waals surface area contributed by atoms with Gasteiger partial charge in [0, 0.05) is 25.8 Å². The zero-order chi connectivity index (χ0) is 17.0. The molecule has 0 atom stereocenters. The molecule has 0 radical (unpaired) electrons. The second-order valence-corrected chi connectivity index (χ2v) is 6.28. The summed E-state index contributed by atoms with van der Waals surface area (Å²) < 4.78 is 10.5. The topological polar surface area (TPSA) is 79.9 Å². The van der Waals surface area contributed by atoms with Gasteiger partial charge in [0.1, 0.15) is 11.4 Å². The molecule has 1 aromatic rings. The molecule has 23 heavy (non-hydrogen) atoms. The van der Waals surface area contributed by atoms with Crippen LogP contribution in [0.2, 0.25) is 0 Å². The number of ether oxygens (including phenoxy) is 2. The van der Waals surface area contributed by atoms with E-state index in [9.17, 15) is 9.59 Å². The van der Waals surface area contributed by atoms with E-state index in [2.05, 4.69) is 10.6 Å². The summed E-state index contributed by atoms with van der Waals surface area (Å²) in [6.45, 7) is 6.48. The van der Waals surface area contributed by atoms with Gasteiger partial charge in [-0.15, -0.1) is 0 Å². The largest absolute Gasteiger partial charge is 0.482 e. The minimum absolute atomic E-state index is 0.0656. The first kappa shape index (κ1) is 16.9. The maximum Gasteiger partial charge on any atom is 0.407 e. The van der Waals surface area contributed by atoms with Crippen molar-refractivity contribution in [2.24, 2.45) is 0 Å². The van der Waals surface area contributed by atoms with Gasteiger partial charge in [-0.25, -0.2) is 4.79 Å². The maximum absolute atomic E-state index is 11.6. The van der Waals surface area contributed by atoms with Gasteiger partial charge in [-0.3, -0.25) is 4.79 Å². The number of nitrogens with one attached hydrogen (secondary N) is 2. The highest BCUT2D eigenvalue weighted by Crippen LogP contribution is 2.33. The van der Waals surface area contributed by atoms with Crippen LogP contribution in [-0.2, 0) is 9.53 Å². The maximum atomic E-state index is 11.6. The lowest BCUT2D eigenvalue weighted by molar-refractivity contribution is -0.120. The average molecular weight is 321 g/mol. The molecule has 2 amide bonds. The number of hydrogen-bond donors (Lipinski definition) is 2. The SMILES string of the molecule is CN1C(=O)COc2ccc(NCCNC(=O)OC(C)(C)C)cc21. The quantitative estimate of drug-likeness (QED) is 0.829. The molecule has 0 saturated carbocycles. The summed E-state index contributed by atoms with van der Waals surface area (Å²) in [7, 11) is 1.72. The summed E-state index contributed by atoms with van der Waals surface area (Å²) in [5, 5.41) is 5.86. The molecule has 0 aromatic heterocycles. The lowest BCUT2D eigenvalue weighted by Gasteiger charge is -2.26. The highest BCUT2D eigenvalue weighted by Gasteiger charge is 2.22. The summed E-state index contributed by atoms with van der Waals surface area (Å²) >= 11 is 0. The van der Waals surface area contributed by atoms with Crippen molar-refractivity contribution < 1.29 is 19.1 Å². The fourth-order valence-corrected chi connectivity index (χ4v) is 2.07. The molecule has 7 nitrogen and oxygen atoms in total. The van der Waals surface area contributed by atoms with Crippen LogP contribution < -0.4 is 20.3 Å². The molecular formula is C16H23N3O4. The molecule has 0 fully saturated rings. The van der Waals surface area contributed by atoms with E-state index in [0.29, 0.717) is 18.8 Å². The van der Waals surface area contributed by atoms with Crippen LogP contribution in [0.4, 0.5) is 16.2 Å². The van der Waals surface area contributed by atoms with Gasteiger partial charge in [0.05, 0.1) is 5.69 Å². The molecule has 7 heteroatoms. The third-order valence-electron chi connectivity index (χ3n) is 3.17. The van der Waals surface area contributed by atoms with Crippen LogP contribution in [0, 0.1) is 0 Å². The third kappa shape index (κ3) is 4.77. The van der Waals surface area contributed by atoms with Crippen LogP contribution in [-0.4, -0.2) is 44.3 Å². The first-order chi connectivity index (χ1) is 10.8. The van der Waals surface area contributed by atoms with Gasteiger partial charge in [-0.2, -0.15) is 0 Å². The fourth-order valence-electron chi connectivity index (χ4n) is 2.07. The van der Waals surface area contributed by atoms with Crippen LogP contribution in [0.15, 0.2) is 18.2 Å². The Morgan fingerprint density at radius 3 is 2.78 bits per heavy atom. The van der Waals surface area contributed by atoms with Gasteiger partial charge in [0.2, 0.25) is 0 Å². The van der Waals surface area contributed by atoms with Crippen LogP contribution in [0.1, 0.15) is 20.8 Å². The smallest absolute Gasteiger partial charge is 0.407 e. The minimum Gasteiger partial charge on any atom is -0.482 e. The molecule has 2 rings (SSSR count). The Balaban J connectivity index is 1.83. The Kier molecular flexibility index (Phi) is 4.98. The molecular weight excluding hydrogens is 298 g/mol. The predicted octanol–water partition coefficient (Wildman–Crippen LogP) is 1.98. The lowest BCUT2D eigenvalue weighted by atomic mass is 10.2. The van der Waals surface area contributed by atoms with Crippen molar-refractivity contribution in [1.29, 1.82) is 0 Å². The Hall–Kier alpha value is -2.44. The van der Waals surface area contributed by atoms with Crippen molar-refractivity contribution in [3.8, 4) is 5.75 Å². The standard InChI is InChI=1S/C16H23N3O4/c1-16(2,3)23-15(21)18-8-7-17-11-5-6-13-12(9-11)19(4)14(20)10-22-13/h5-6,9,17H,7-8,10H2,1-4H3,(H,18,21). The fraction of sp³-hybridized carbons (Fsp3) is 0.500. The number of amides is 2. The summed E-state index contributed by atoms with van der Waals surface area (Å²) in [6, 6.07) is 5.54. The first-order valence-corrected chi connectivity index (χ1v) is 7.50. The molecule has 1 aliphatic rings. The Labute approximate surface area is 135 Å². The average Bonchev–Trinajstić information content (AvgIpc) is 2.46. The van der Waals surface area contributed by atoms with Crippen molar-refractivity contribution in [2.75, 3.05) is 37.0 Å². The van der Waals surface area contributed by atoms with Crippen molar-refractivity contribution in [3.05, 3.63) is 18.2 Å². The Morgan fingerprint density at radius 1 is 1.35 bits per heavy atom. The van der Waals surface area contributed by atoms with Crippen molar-refractivity contribution in [3.63, 3.8) is 0 Å². The Morgan fingerprint density at radius 2 is 2.09 bits per heavy atom. The van der Waals surface area contributed by atoms with Crippen molar-refractivity contribution in [2.45, 2.75) is 26.4 Å². The minimum atomic E-state index is -0.507. The van der Waals surface area contributed by atoms with Crippen LogP contribution in [0.5, 0.6) is 5.75 Å². The van der Waals surface area contributed by atoms with Gasteiger partial charge in [-0.05, 0) is 39.0 Å². The highest BCUT2D eigenvalue weighted by atomic mass is 16.6. The number of nitrogens with zero attached hydrogens (tertiary/aromatic N) is 1. The van der Waals surface area contributed by atoms with Crippen molar-refractivity contribution >= 4 is 23.4 Å². The first-order valence-electron chi connectivity index (χ1n) is 7.50. The number of anilines is 2. The number of likely N-dealkylation sites (N-methyl/N-ethyl adjacent to an activating group) is 1. The number of carbonyl (C=O) groups excluding carboxylic acids is 2. The molecule has 0 spiro atoms. The van der Waals surface area contributed by atoms with E-state index < -0.39 is 11.7 Å². The number of fused-ring (bicyclic) bond motifs is 1. The summed E-state index contributed by atoms with van der Waals surface area (Å²) in [5.74, 6) is 0.603. The second kappa shape index (κ2) is 6.76. The van der Waals surface area contributed by atoms with Crippen LogP contribution >= 0.6 is 0 Å². The molecule has 0 saturated heterocycles. The predicted molar refractivity (Wildman–Crippen MR) is 88.1 cm³/mol. The zero-order valence-corrected chi connectivity index (χ0v) is 13.9. The lowest BCUT2D eigenvalue weighted by Crippen LogP contribution is -2.35. The van der Waals surface area contributed by atoms with Crippen LogP contribution in [0.3, 0.4) is 0 Å². The van der Waals surface area contributed by atoms with E-state index in [1.807, 2.05) is 39.0 Å². The van der Waals surface area contributed by atoms with Gasteiger partial charge in [0.25, 0.3) is 5.91 Å². The van der Waals surface area contributed by atoms with Gasteiger partial charge in [-0.1, -0.05) is 0 Å². The number of hydrogen-bond acceptors (Lipinski definition) is 5. The molecule has 1 aromatic carbocycles. The highest BCUT2D eigenvalue weighted by molar-refractivity contribution is 5.97. The van der Waals surface area contributed by atoms with Gasteiger partial charge >= 0.3 is 6.09 Å². The van der Waals surface area contributed by atoms with Crippen LogP contribution in [0.25, 0.3) is 0 Å². The molecule has 2 N–H and O–H groups in total. The van der Waals surface area contributed by atoms with E-state index in [0.717, 1.165) is 11.4 Å². The van der Waals surface area contributed by atoms with E-state index >= 15 is 0 Å². The molecule has 126 valence electrons. The summed E-state index contributed by atoms with van der Waals surface area (Å²) in [6.07, 6.45) is -0.441. The number of carbonyl (C=O) groups is 2. The summed E-state index contributed by atoms with van der Waals surface area (Å²) in [5.41, 5.74) is 1.07. The van der Waals surface area contributed by atoms with E-state index in [1.165, 1.54) is 0 Å². The van der Waals surface area contributed by atoms with E-state index in [4.69, 9.17) is 9.47 Å². The van der Waals surface area contributed by atoms with Gasteiger partial charge in [0.15, 0.2) is 6.61 Å². The monoisotopic (exact) mass is 321 g/mol. The van der Waals surface area contributed by atoms with Crippen molar-refractivity contribution in [1.82, 2.24) is 5.32 Å². The van der Waals surface area contributed by atoms with E-state index in [-0.39, 0.29) is 12.5 Å². The zero-order valence-electron chi connectivity index (χ0n) is 13.9. The van der Waals surface area contributed by atoms with E-state index in [1.54, 1.807) is 11.9 Å². The molecule has 0 unspecified atom stereocenters. The Bertz CT molecular complexity index is 595. The van der Waals surface area contributed by atoms with Gasteiger partial charge < -0.3 is 25.0 Å². The molecule has 0 aliphatic carbocycles. The third-order valence-corrected chi connectivity index (χ3v) is 3.17. The molecule has 1 aliphatic heterocycles. The normalized spacial score (nSPS) is 13.9. The molecule has 1 heterocycles. The second-order valence-electron chi connectivity index (χ2n) is 6.28.